The molecule has 176 valence electrons. The molecule has 0 bridgehead atoms. The molecule has 33 heavy (non-hydrogen) atoms. The van der Waals surface area contributed by atoms with Gasteiger partial charge in [-0.3, -0.25) is 9.59 Å². The van der Waals surface area contributed by atoms with E-state index in [0.717, 1.165) is 34.7 Å². The summed E-state index contributed by atoms with van der Waals surface area (Å²) in [6.45, 7) is 0.973. The first-order valence-corrected chi connectivity index (χ1v) is 10.6. The van der Waals surface area contributed by atoms with Gasteiger partial charge in [0.2, 0.25) is 6.41 Å². The van der Waals surface area contributed by atoms with E-state index in [1.165, 1.54) is 11.3 Å². The number of rotatable bonds is 4. The smallest absolute Gasteiger partial charge is 0.327 e. The van der Waals surface area contributed by atoms with Gasteiger partial charge in [-0.1, -0.05) is 17.5 Å². The molecule has 1 N–H and O–H groups in total. The SMILES string of the molecule is Cc1cc(C#Cc2cc(C(F)(F)F)ns2)c(Cl)s1.O=CNc1cc(F)c(=O)n(CC(F)F)c1. The van der Waals surface area contributed by atoms with Crippen LogP contribution in [0.25, 0.3) is 0 Å². The number of alkyl halides is 5. The maximum absolute atomic E-state index is 12.9. The highest BCUT2D eigenvalue weighted by Crippen LogP contribution is 2.30. The van der Waals surface area contributed by atoms with E-state index in [-0.39, 0.29) is 17.0 Å². The Bertz CT molecular complexity index is 1240. The summed E-state index contributed by atoms with van der Waals surface area (Å²) in [7, 11) is 0. The molecule has 3 rings (SSSR count). The summed E-state index contributed by atoms with van der Waals surface area (Å²) < 4.78 is 78.1. The molecule has 0 unspecified atom stereocenters. The Morgan fingerprint density at radius 1 is 1.27 bits per heavy atom. The third kappa shape index (κ3) is 7.92. The van der Waals surface area contributed by atoms with Crippen molar-refractivity contribution in [1.29, 1.82) is 0 Å². The van der Waals surface area contributed by atoms with Crippen molar-refractivity contribution in [2.24, 2.45) is 0 Å². The molecule has 0 spiro atoms. The zero-order chi connectivity index (χ0) is 24.8. The van der Waals surface area contributed by atoms with Gasteiger partial charge in [-0.05, 0) is 36.5 Å². The van der Waals surface area contributed by atoms with Crippen LogP contribution in [-0.2, 0) is 17.5 Å². The van der Waals surface area contributed by atoms with Crippen LogP contribution >= 0.6 is 34.5 Å². The minimum absolute atomic E-state index is 0.0530. The molecular formula is C19H12ClF6N3O2S2. The van der Waals surface area contributed by atoms with Crippen molar-refractivity contribution < 1.29 is 31.1 Å². The average molecular weight is 528 g/mol. The number of anilines is 1. The summed E-state index contributed by atoms with van der Waals surface area (Å²) in [6.07, 6.45) is -5.99. The van der Waals surface area contributed by atoms with Gasteiger partial charge in [-0.2, -0.15) is 17.5 Å². The number of nitrogens with one attached hydrogen (secondary N) is 1. The van der Waals surface area contributed by atoms with Crippen LogP contribution in [0.2, 0.25) is 4.34 Å². The lowest BCUT2D eigenvalue weighted by Crippen LogP contribution is -2.25. The highest BCUT2D eigenvalue weighted by atomic mass is 35.5. The van der Waals surface area contributed by atoms with Crippen LogP contribution in [0, 0.1) is 24.6 Å². The Morgan fingerprint density at radius 2 is 1.97 bits per heavy atom. The standard InChI is InChI=1S/C11H5ClF3NS2.C8H7F3N2O2/c1-6-4-7(10(12)17-6)2-3-8-5-9(16-18-8)11(13,14)15;9-6-1-5(12-4-14)2-13(8(6)15)3-7(10)11/h4-5H,1H3;1-2,4,7H,3H2,(H,12,14). The monoisotopic (exact) mass is 527 g/mol. The predicted molar refractivity (Wildman–Crippen MR) is 114 cm³/mol. The van der Waals surface area contributed by atoms with Gasteiger partial charge in [0, 0.05) is 17.1 Å². The Hall–Kier alpha value is -2.82. The maximum Gasteiger partial charge on any atom is 0.434 e. The Balaban J connectivity index is 0.000000238. The number of thiophene rings is 1. The second-order valence-electron chi connectivity index (χ2n) is 6.06. The van der Waals surface area contributed by atoms with Gasteiger partial charge >= 0.3 is 6.18 Å². The van der Waals surface area contributed by atoms with Gasteiger partial charge in [0.15, 0.2) is 11.5 Å². The molecule has 0 aliphatic carbocycles. The van der Waals surface area contributed by atoms with Crippen LogP contribution in [0.5, 0.6) is 0 Å². The summed E-state index contributed by atoms with van der Waals surface area (Å²) in [5, 5.41) is 2.06. The molecule has 3 aromatic rings. The van der Waals surface area contributed by atoms with Crippen molar-refractivity contribution in [3.63, 3.8) is 0 Å². The molecular weight excluding hydrogens is 516 g/mol. The minimum atomic E-state index is -4.42. The molecule has 3 heterocycles. The number of carbonyl (C=O) groups is 1. The third-order valence-electron chi connectivity index (χ3n) is 3.53. The summed E-state index contributed by atoms with van der Waals surface area (Å²) in [5.74, 6) is 4.19. The summed E-state index contributed by atoms with van der Waals surface area (Å²) in [5.41, 5.74) is -1.49. The lowest BCUT2D eigenvalue weighted by Gasteiger charge is -2.07. The van der Waals surface area contributed by atoms with E-state index in [0.29, 0.717) is 14.5 Å². The maximum atomic E-state index is 12.9. The van der Waals surface area contributed by atoms with Gasteiger partial charge in [0.05, 0.1) is 22.7 Å². The van der Waals surface area contributed by atoms with Crippen molar-refractivity contribution in [3.8, 4) is 11.8 Å². The largest absolute Gasteiger partial charge is 0.434 e. The van der Waals surface area contributed by atoms with Crippen molar-refractivity contribution >= 4 is 46.6 Å². The molecule has 5 nitrogen and oxygen atoms in total. The van der Waals surface area contributed by atoms with E-state index >= 15 is 0 Å². The summed E-state index contributed by atoms with van der Waals surface area (Å²) in [6, 6.07) is 3.50. The molecule has 0 aromatic carbocycles. The van der Waals surface area contributed by atoms with Crippen molar-refractivity contribution in [2.75, 3.05) is 5.32 Å². The van der Waals surface area contributed by atoms with E-state index in [2.05, 4.69) is 21.5 Å². The van der Waals surface area contributed by atoms with E-state index in [1.54, 1.807) is 6.07 Å². The topological polar surface area (TPSA) is 64.0 Å². The minimum Gasteiger partial charge on any atom is -0.327 e. The number of halogens is 7. The molecule has 14 heteroatoms. The average Bonchev–Trinajstić information content (AvgIpc) is 3.30. The summed E-state index contributed by atoms with van der Waals surface area (Å²) >= 11 is 8.02. The lowest BCUT2D eigenvalue weighted by molar-refractivity contribution is -0.140. The lowest BCUT2D eigenvalue weighted by atomic mass is 10.3. The molecule has 0 radical (unpaired) electrons. The van der Waals surface area contributed by atoms with Crippen LogP contribution in [0.4, 0.5) is 32.0 Å². The summed E-state index contributed by atoms with van der Waals surface area (Å²) in [4.78, 5) is 22.3. The highest BCUT2D eigenvalue weighted by molar-refractivity contribution is 7.16. The zero-order valence-electron chi connectivity index (χ0n) is 16.3. The van der Waals surface area contributed by atoms with Gasteiger partial charge in [-0.25, -0.2) is 13.2 Å². The first-order valence-electron chi connectivity index (χ1n) is 8.61. The molecule has 0 fully saturated rings. The molecule has 0 atom stereocenters. The predicted octanol–water partition coefficient (Wildman–Crippen LogP) is 5.41. The number of nitrogens with zero attached hydrogens (tertiary/aromatic N) is 2. The van der Waals surface area contributed by atoms with Crippen LogP contribution < -0.4 is 10.9 Å². The number of hydrogen-bond donors (Lipinski definition) is 1. The Labute approximate surface area is 195 Å². The Morgan fingerprint density at radius 3 is 2.48 bits per heavy atom. The Kier molecular flexibility index (Phi) is 9.09. The fraction of sp³-hybridized carbons (Fsp3) is 0.211. The van der Waals surface area contributed by atoms with Crippen molar-refractivity contribution in [1.82, 2.24) is 8.94 Å². The second-order valence-corrected chi connectivity index (χ2v) is 8.72. The van der Waals surface area contributed by atoms with E-state index in [4.69, 9.17) is 11.6 Å². The number of aromatic nitrogens is 2. The van der Waals surface area contributed by atoms with Crippen LogP contribution in [0.1, 0.15) is 21.0 Å². The van der Waals surface area contributed by atoms with Crippen LogP contribution in [-0.4, -0.2) is 21.8 Å². The third-order valence-corrected chi connectivity index (χ3v) is 5.51. The number of amides is 1. The first-order chi connectivity index (χ1) is 15.4. The van der Waals surface area contributed by atoms with Gasteiger partial charge < -0.3 is 9.88 Å². The number of hydrogen-bond acceptors (Lipinski definition) is 5. The fourth-order valence-corrected chi connectivity index (χ4v) is 3.96. The molecule has 0 aliphatic heterocycles. The van der Waals surface area contributed by atoms with Crippen molar-refractivity contribution in [2.45, 2.75) is 26.1 Å². The van der Waals surface area contributed by atoms with E-state index < -0.39 is 36.2 Å². The number of aryl methyl sites for hydroxylation is 1. The van der Waals surface area contributed by atoms with Crippen LogP contribution in [0.3, 0.4) is 0 Å². The van der Waals surface area contributed by atoms with Gasteiger partial charge in [0.1, 0.15) is 4.34 Å². The van der Waals surface area contributed by atoms with E-state index in [9.17, 15) is 35.9 Å². The molecule has 0 saturated carbocycles. The quantitative estimate of drug-likeness (QED) is 0.280. The van der Waals surface area contributed by atoms with E-state index in [1.807, 2.05) is 6.92 Å². The van der Waals surface area contributed by atoms with Crippen molar-refractivity contribution in [3.05, 3.63) is 65.9 Å². The number of pyridine rings is 1. The van der Waals surface area contributed by atoms with Gasteiger partial charge in [0.25, 0.3) is 12.0 Å². The molecule has 0 aliphatic rings. The molecule has 0 saturated heterocycles. The fourth-order valence-electron chi connectivity index (χ4n) is 2.20. The molecule has 3 aromatic heterocycles. The number of carbonyl (C=O) groups excluding carboxylic acids is 1. The normalized spacial score (nSPS) is 10.8. The van der Waals surface area contributed by atoms with Gasteiger partial charge in [-0.15, -0.1) is 11.3 Å². The second kappa shape index (κ2) is 11.4. The highest BCUT2D eigenvalue weighted by Gasteiger charge is 2.33. The van der Waals surface area contributed by atoms with Crippen LogP contribution in [0.15, 0.2) is 29.2 Å². The first kappa shape index (κ1) is 26.4. The zero-order valence-corrected chi connectivity index (χ0v) is 18.7. The molecule has 1 amide bonds.